The van der Waals surface area contributed by atoms with Crippen molar-refractivity contribution < 1.29 is 28.6 Å². The number of alkyl halides is 1. The van der Waals surface area contributed by atoms with Crippen molar-refractivity contribution in [2.45, 2.75) is 38.8 Å². The molecule has 2 N–H and O–H groups in total. The second-order valence-corrected chi connectivity index (χ2v) is 4.40. The Morgan fingerprint density at radius 3 is 2.24 bits per heavy atom. The number of carbonyl (C=O) groups is 3. The number of alkyl carbamates (subject to hydrolysis) is 1. The van der Waals surface area contributed by atoms with Crippen LogP contribution < -0.4 is 5.32 Å². The summed E-state index contributed by atoms with van der Waals surface area (Å²) in [5.41, 5.74) is -0.781. The maximum absolute atomic E-state index is 12.1. The van der Waals surface area contributed by atoms with E-state index < -0.39 is 42.6 Å². The summed E-state index contributed by atoms with van der Waals surface area (Å²) in [7, 11) is 0. The fraction of sp³-hybridized carbons (Fsp3) is 0.700. The van der Waals surface area contributed by atoms with Crippen molar-refractivity contribution >= 4 is 17.8 Å². The smallest absolute Gasteiger partial charge is 0.408 e. The lowest BCUT2D eigenvalue weighted by Gasteiger charge is -2.22. The maximum atomic E-state index is 12.1. The highest BCUT2D eigenvalue weighted by Gasteiger charge is 2.26. The Morgan fingerprint density at radius 1 is 1.35 bits per heavy atom. The highest BCUT2D eigenvalue weighted by Crippen LogP contribution is 2.07. The van der Waals surface area contributed by atoms with Crippen molar-refractivity contribution in [2.24, 2.45) is 0 Å². The maximum Gasteiger partial charge on any atom is 0.408 e. The first-order valence-corrected chi connectivity index (χ1v) is 4.95. The molecule has 0 heterocycles. The van der Waals surface area contributed by atoms with E-state index in [1.165, 1.54) is 0 Å². The molecule has 17 heavy (non-hydrogen) atoms. The third-order valence-electron chi connectivity index (χ3n) is 1.59. The summed E-state index contributed by atoms with van der Waals surface area (Å²) in [5, 5.41) is 10.5. The van der Waals surface area contributed by atoms with E-state index in [2.05, 4.69) is 0 Å². The molecule has 0 aliphatic heterocycles. The van der Waals surface area contributed by atoms with Crippen molar-refractivity contribution in [1.29, 1.82) is 0 Å². The van der Waals surface area contributed by atoms with Crippen molar-refractivity contribution in [3.05, 3.63) is 0 Å². The minimum absolute atomic E-state index is 0.679. The largest absolute Gasteiger partial charge is 0.481 e. The fourth-order valence-electron chi connectivity index (χ4n) is 0.963. The minimum Gasteiger partial charge on any atom is -0.481 e. The van der Waals surface area contributed by atoms with Crippen molar-refractivity contribution in [2.75, 3.05) is 6.67 Å². The number of nitrogens with one attached hydrogen (secondary N) is 1. The van der Waals surface area contributed by atoms with Crippen LogP contribution in [0.2, 0.25) is 0 Å². The molecular formula is C10H16FNO5. The minimum atomic E-state index is -1.41. The number of amides is 1. The normalized spacial score (nSPS) is 12.7. The van der Waals surface area contributed by atoms with Crippen LogP contribution in [-0.2, 0) is 14.3 Å². The highest BCUT2D eigenvalue weighted by molar-refractivity contribution is 5.91. The summed E-state index contributed by atoms with van der Waals surface area (Å²) in [4.78, 5) is 32.7. The number of hydrogen-bond donors (Lipinski definition) is 2. The van der Waals surface area contributed by atoms with Gasteiger partial charge in [-0.3, -0.25) is 9.59 Å². The lowest BCUT2D eigenvalue weighted by atomic mass is 10.1. The van der Waals surface area contributed by atoms with Gasteiger partial charge in [0.15, 0.2) is 5.78 Å². The summed E-state index contributed by atoms with van der Waals surface area (Å²) in [6.07, 6.45) is -1.63. The van der Waals surface area contributed by atoms with Gasteiger partial charge in [-0.15, -0.1) is 0 Å². The number of carbonyl (C=O) groups excluding carboxylic acids is 2. The van der Waals surface area contributed by atoms with Gasteiger partial charge >= 0.3 is 12.1 Å². The van der Waals surface area contributed by atoms with E-state index in [-0.39, 0.29) is 0 Å². The number of carboxylic acids is 1. The van der Waals surface area contributed by atoms with Crippen molar-refractivity contribution in [1.82, 2.24) is 5.32 Å². The molecule has 0 saturated heterocycles. The number of carboxylic acid groups (broad SMARTS) is 1. The highest BCUT2D eigenvalue weighted by atomic mass is 19.1. The predicted octanol–water partition coefficient (Wildman–Crippen LogP) is 0.893. The Bertz CT molecular complexity index is 310. The molecule has 0 bridgehead atoms. The van der Waals surface area contributed by atoms with E-state index >= 15 is 0 Å². The molecule has 1 amide bonds. The van der Waals surface area contributed by atoms with Crippen LogP contribution in [0.15, 0.2) is 0 Å². The van der Waals surface area contributed by atoms with Gasteiger partial charge in [-0.25, -0.2) is 9.18 Å². The molecule has 0 aliphatic carbocycles. The Morgan fingerprint density at radius 2 is 1.88 bits per heavy atom. The van der Waals surface area contributed by atoms with Gasteiger partial charge in [0.25, 0.3) is 0 Å². The third-order valence-corrected chi connectivity index (χ3v) is 1.59. The summed E-state index contributed by atoms with van der Waals surface area (Å²) < 4.78 is 17.0. The van der Waals surface area contributed by atoms with Gasteiger partial charge in [-0.2, -0.15) is 0 Å². The summed E-state index contributed by atoms with van der Waals surface area (Å²) in [6, 6.07) is -1.41. The number of ether oxygens (including phenoxy) is 1. The van der Waals surface area contributed by atoms with Crippen LogP contribution in [0.25, 0.3) is 0 Å². The van der Waals surface area contributed by atoms with E-state index in [1.54, 1.807) is 20.8 Å². The quantitative estimate of drug-likeness (QED) is 0.754. The van der Waals surface area contributed by atoms with Gasteiger partial charge in [0.05, 0.1) is 6.42 Å². The first-order chi connectivity index (χ1) is 7.65. The van der Waals surface area contributed by atoms with Crippen LogP contribution in [0.5, 0.6) is 0 Å². The van der Waals surface area contributed by atoms with Gasteiger partial charge in [0, 0.05) is 0 Å². The topological polar surface area (TPSA) is 92.7 Å². The van der Waals surface area contributed by atoms with E-state index in [0.717, 1.165) is 0 Å². The second kappa shape index (κ2) is 6.17. The molecule has 0 radical (unpaired) electrons. The number of rotatable bonds is 5. The molecule has 0 fully saturated rings. The van der Waals surface area contributed by atoms with Crippen LogP contribution in [0.3, 0.4) is 0 Å². The monoisotopic (exact) mass is 249 g/mol. The van der Waals surface area contributed by atoms with Crippen LogP contribution >= 0.6 is 0 Å². The molecule has 1 atom stereocenters. The average Bonchev–Trinajstić information content (AvgIpc) is 2.11. The number of ketones is 1. The average molecular weight is 249 g/mol. The lowest BCUT2D eigenvalue weighted by Crippen LogP contribution is -2.45. The molecule has 7 heteroatoms. The van der Waals surface area contributed by atoms with Gasteiger partial charge in [-0.1, -0.05) is 0 Å². The SMILES string of the molecule is CC(C)(C)OC(=O)N[C@@H](CC(=O)O)C(=O)CF. The molecular weight excluding hydrogens is 233 g/mol. The Kier molecular flexibility index (Phi) is 5.57. The Hall–Kier alpha value is -1.66. The second-order valence-electron chi connectivity index (χ2n) is 4.40. The molecule has 0 spiro atoms. The Balaban J connectivity index is 4.48. The fourth-order valence-corrected chi connectivity index (χ4v) is 0.963. The first-order valence-electron chi connectivity index (χ1n) is 4.95. The van der Waals surface area contributed by atoms with E-state index in [0.29, 0.717) is 0 Å². The first kappa shape index (κ1) is 15.3. The van der Waals surface area contributed by atoms with Gasteiger partial charge < -0.3 is 15.2 Å². The summed E-state index contributed by atoms with van der Waals surface area (Å²) in [5.74, 6) is -2.31. The van der Waals surface area contributed by atoms with Crippen LogP contribution in [-0.4, -0.2) is 41.3 Å². The zero-order valence-electron chi connectivity index (χ0n) is 9.95. The molecule has 0 rings (SSSR count). The molecule has 0 aliphatic rings. The predicted molar refractivity (Wildman–Crippen MR) is 56.4 cm³/mol. The van der Waals surface area contributed by atoms with E-state index in [9.17, 15) is 18.8 Å². The van der Waals surface area contributed by atoms with Crippen LogP contribution in [0.1, 0.15) is 27.2 Å². The van der Waals surface area contributed by atoms with Crippen molar-refractivity contribution in [3.63, 3.8) is 0 Å². The molecule has 6 nitrogen and oxygen atoms in total. The van der Waals surface area contributed by atoms with Crippen molar-refractivity contribution in [3.8, 4) is 0 Å². The van der Waals surface area contributed by atoms with Crippen LogP contribution in [0.4, 0.5) is 9.18 Å². The molecule has 0 aromatic heterocycles. The van der Waals surface area contributed by atoms with Crippen LogP contribution in [0, 0.1) is 0 Å². The zero-order valence-corrected chi connectivity index (χ0v) is 9.95. The number of hydrogen-bond acceptors (Lipinski definition) is 4. The zero-order chi connectivity index (χ0) is 13.6. The molecule has 98 valence electrons. The van der Waals surface area contributed by atoms with E-state index in [4.69, 9.17) is 9.84 Å². The van der Waals surface area contributed by atoms with E-state index in [1.807, 2.05) is 5.32 Å². The number of Topliss-reactive ketones (excluding diaryl/α,β-unsaturated/α-hetero) is 1. The van der Waals surface area contributed by atoms with Gasteiger partial charge in [0.2, 0.25) is 0 Å². The standard InChI is InChI=1S/C10H16FNO5/c1-10(2,3)17-9(16)12-6(4-8(14)15)7(13)5-11/h6H,4-5H2,1-3H3,(H,12,16)(H,14,15)/t6-/m0/s1. The summed E-state index contributed by atoms with van der Waals surface area (Å²) >= 11 is 0. The van der Waals surface area contributed by atoms with Gasteiger partial charge in [-0.05, 0) is 20.8 Å². The summed E-state index contributed by atoms with van der Waals surface area (Å²) in [6.45, 7) is 3.48. The van der Waals surface area contributed by atoms with Gasteiger partial charge in [0.1, 0.15) is 18.3 Å². The molecule has 0 aromatic carbocycles. The number of halogens is 1. The lowest BCUT2D eigenvalue weighted by molar-refractivity contribution is -0.139. The molecule has 0 saturated carbocycles. The molecule has 0 unspecified atom stereocenters. The third kappa shape index (κ3) is 7.26. The molecule has 0 aromatic rings. The number of aliphatic carboxylic acids is 1. The Labute approximate surface area is 98.1 Å².